The fourth-order valence-electron chi connectivity index (χ4n) is 1.67. The van der Waals surface area contributed by atoms with E-state index in [4.69, 9.17) is 9.84 Å². The van der Waals surface area contributed by atoms with Crippen LogP contribution in [0.5, 0.6) is 5.75 Å². The molecule has 0 unspecified atom stereocenters. The molecule has 0 spiro atoms. The summed E-state index contributed by atoms with van der Waals surface area (Å²) in [4.78, 5) is 0. The number of benzene rings is 1. The fourth-order valence-corrected chi connectivity index (χ4v) is 1.67. The minimum atomic E-state index is -0.315. The molecule has 0 amide bonds. The van der Waals surface area contributed by atoms with E-state index in [-0.39, 0.29) is 12.4 Å². The quantitative estimate of drug-likeness (QED) is 0.677. The van der Waals surface area contributed by atoms with E-state index in [9.17, 15) is 4.39 Å². The van der Waals surface area contributed by atoms with Gasteiger partial charge >= 0.3 is 0 Å². The molecule has 1 aromatic rings. The third-order valence-electron chi connectivity index (χ3n) is 2.77. The molecule has 3 nitrogen and oxygen atoms in total. The molecule has 0 atom stereocenters. The first-order chi connectivity index (χ1) is 9.13. The van der Waals surface area contributed by atoms with Crippen molar-refractivity contribution in [2.75, 3.05) is 13.2 Å². The Bertz CT molecular complexity index is 369. The van der Waals surface area contributed by atoms with Crippen LogP contribution in [0, 0.1) is 5.82 Å². The van der Waals surface area contributed by atoms with Crippen LogP contribution >= 0.6 is 0 Å². The van der Waals surface area contributed by atoms with Crippen molar-refractivity contribution in [3.63, 3.8) is 0 Å². The Balaban J connectivity index is 2.39. The molecule has 1 aromatic carbocycles. The van der Waals surface area contributed by atoms with Gasteiger partial charge in [0.25, 0.3) is 0 Å². The van der Waals surface area contributed by atoms with Crippen molar-refractivity contribution in [3.05, 3.63) is 29.6 Å². The van der Waals surface area contributed by atoms with Gasteiger partial charge in [0.1, 0.15) is 0 Å². The Morgan fingerprint density at radius 2 is 2.05 bits per heavy atom. The lowest BCUT2D eigenvalue weighted by Gasteiger charge is -2.10. The second-order valence-electron chi connectivity index (χ2n) is 4.93. The van der Waals surface area contributed by atoms with Gasteiger partial charge in [-0.1, -0.05) is 19.9 Å². The summed E-state index contributed by atoms with van der Waals surface area (Å²) in [6.07, 6.45) is 2.50. The van der Waals surface area contributed by atoms with E-state index in [0.29, 0.717) is 24.9 Å². The SMILES string of the molecule is CC(C)NCc1ccc(OCCCCCO)c(F)c1. The van der Waals surface area contributed by atoms with Crippen LogP contribution in [0.15, 0.2) is 18.2 Å². The molecule has 0 aliphatic heterocycles. The number of nitrogens with one attached hydrogen (secondary N) is 1. The highest BCUT2D eigenvalue weighted by molar-refractivity contribution is 5.29. The van der Waals surface area contributed by atoms with E-state index in [2.05, 4.69) is 19.2 Å². The molecule has 0 saturated carbocycles. The van der Waals surface area contributed by atoms with Crippen LogP contribution < -0.4 is 10.1 Å². The van der Waals surface area contributed by atoms with Crippen LogP contribution in [0.25, 0.3) is 0 Å². The van der Waals surface area contributed by atoms with Gasteiger partial charge in [0.2, 0.25) is 0 Å². The lowest BCUT2D eigenvalue weighted by Crippen LogP contribution is -2.21. The van der Waals surface area contributed by atoms with E-state index in [1.807, 2.05) is 6.07 Å². The number of unbranched alkanes of at least 4 members (excludes halogenated alkanes) is 2. The van der Waals surface area contributed by atoms with E-state index < -0.39 is 0 Å². The van der Waals surface area contributed by atoms with E-state index in [1.54, 1.807) is 6.07 Å². The summed E-state index contributed by atoms with van der Waals surface area (Å²) in [7, 11) is 0. The maximum absolute atomic E-state index is 13.8. The maximum atomic E-state index is 13.8. The van der Waals surface area contributed by atoms with Gasteiger partial charge in [-0.25, -0.2) is 4.39 Å². The third-order valence-corrected chi connectivity index (χ3v) is 2.77. The molecule has 0 bridgehead atoms. The number of hydrogen-bond acceptors (Lipinski definition) is 3. The molecular formula is C15H24FNO2. The smallest absolute Gasteiger partial charge is 0.165 e. The molecule has 0 fully saturated rings. The Morgan fingerprint density at radius 3 is 2.68 bits per heavy atom. The van der Waals surface area contributed by atoms with Crippen LogP contribution in [0.3, 0.4) is 0 Å². The Hall–Kier alpha value is -1.13. The standard InChI is InChI=1S/C15H24FNO2/c1-12(2)17-11-13-6-7-15(14(16)10-13)19-9-5-3-4-8-18/h6-7,10,12,17-18H,3-5,8-9,11H2,1-2H3. The van der Waals surface area contributed by atoms with Crippen LogP contribution in [-0.4, -0.2) is 24.4 Å². The number of halogens is 1. The second kappa shape index (κ2) is 8.88. The largest absolute Gasteiger partial charge is 0.491 e. The van der Waals surface area contributed by atoms with Gasteiger partial charge < -0.3 is 15.2 Å². The second-order valence-corrected chi connectivity index (χ2v) is 4.93. The van der Waals surface area contributed by atoms with Crippen molar-refractivity contribution >= 4 is 0 Å². The highest BCUT2D eigenvalue weighted by atomic mass is 19.1. The zero-order chi connectivity index (χ0) is 14.1. The highest BCUT2D eigenvalue weighted by Gasteiger charge is 2.05. The molecule has 0 radical (unpaired) electrons. The molecule has 19 heavy (non-hydrogen) atoms. The Morgan fingerprint density at radius 1 is 1.26 bits per heavy atom. The zero-order valence-corrected chi connectivity index (χ0v) is 11.8. The average molecular weight is 269 g/mol. The van der Waals surface area contributed by atoms with E-state index in [0.717, 1.165) is 24.8 Å². The first-order valence-corrected chi connectivity index (χ1v) is 6.89. The summed E-state index contributed by atoms with van der Waals surface area (Å²) in [5, 5.41) is 11.9. The summed E-state index contributed by atoms with van der Waals surface area (Å²) in [5.74, 6) is -0.0116. The monoisotopic (exact) mass is 269 g/mol. The van der Waals surface area contributed by atoms with Gasteiger partial charge in [0.05, 0.1) is 6.61 Å². The van der Waals surface area contributed by atoms with Crippen molar-refractivity contribution in [1.29, 1.82) is 0 Å². The van der Waals surface area contributed by atoms with E-state index >= 15 is 0 Å². The average Bonchev–Trinajstić information content (AvgIpc) is 2.38. The highest BCUT2D eigenvalue weighted by Crippen LogP contribution is 2.18. The van der Waals surface area contributed by atoms with Gasteiger partial charge in [0, 0.05) is 19.2 Å². The van der Waals surface area contributed by atoms with Crippen molar-refractivity contribution in [3.8, 4) is 5.75 Å². The third kappa shape index (κ3) is 6.55. The van der Waals surface area contributed by atoms with Crippen LogP contribution in [0.2, 0.25) is 0 Å². The number of aliphatic hydroxyl groups excluding tert-OH is 1. The summed E-state index contributed by atoms with van der Waals surface area (Å²) in [6, 6.07) is 5.45. The number of aliphatic hydroxyl groups is 1. The topological polar surface area (TPSA) is 41.5 Å². The summed E-state index contributed by atoms with van der Waals surface area (Å²) in [6.45, 7) is 5.46. The molecule has 1 rings (SSSR count). The van der Waals surface area contributed by atoms with Gasteiger partial charge in [-0.15, -0.1) is 0 Å². The maximum Gasteiger partial charge on any atom is 0.165 e. The van der Waals surface area contributed by atoms with Gasteiger partial charge in [-0.2, -0.15) is 0 Å². The van der Waals surface area contributed by atoms with Crippen LogP contribution in [-0.2, 0) is 6.54 Å². The summed E-state index contributed by atoms with van der Waals surface area (Å²) >= 11 is 0. The lowest BCUT2D eigenvalue weighted by atomic mass is 10.2. The zero-order valence-electron chi connectivity index (χ0n) is 11.8. The van der Waals surface area contributed by atoms with Gasteiger partial charge in [0.15, 0.2) is 11.6 Å². The number of rotatable bonds is 9. The van der Waals surface area contributed by atoms with Gasteiger partial charge in [-0.3, -0.25) is 0 Å². The van der Waals surface area contributed by atoms with Crippen LogP contribution in [0.1, 0.15) is 38.7 Å². The molecular weight excluding hydrogens is 245 g/mol. The first kappa shape index (κ1) is 15.9. The summed E-state index contributed by atoms with van der Waals surface area (Å²) < 4.78 is 19.1. The van der Waals surface area contributed by atoms with Crippen molar-refractivity contribution in [2.24, 2.45) is 0 Å². The fraction of sp³-hybridized carbons (Fsp3) is 0.600. The van der Waals surface area contributed by atoms with Crippen molar-refractivity contribution in [1.82, 2.24) is 5.32 Å². The normalized spacial score (nSPS) is 11.0. The molecule has 2 N–H and O–H groups in total. The molecule has 0 aromatic heterocycles. The number of ether oxygens (including phenoxy) is 1. The first-order valence-electron chi connectivity index (χ1n) is 6.89. The van der Waals surface area contributed by atoms with Crippen LogP contribution in [0.4, 0.5) is 4.39 Å². The molecule has 0 aliphatic rings. The predicted molar refractivity (Wildman–Crippen MR) is 74.8 cm³/mol. The number of hydrogen-bond donors (Lipinski definition) is 2. The molecule has 0 saturated heterocycles. The minimum Gasteiger partial charge on any atom is -0.491 e. The minimum absolute atomic E-state index is 0.200. The van der Waals surface area contributed by atoms with Crippen molar-refractivity contribution < 1.29 is 14.2 Å². The summed E-state index contributed by atoms with van der Waals surface area (Å²) in [5.41, 5.74) is 0.916. The Labute approximate surface area is 114 Å². The Kier molecular flexibility index (Phi) is 7.45. The molecule has 0 aliphatic carbocycles. The molecule has 108 valence electrons. The molecule has 4 heteroatoms. The lowest BCUT2D eigenvalue weighted by molar-refractivity contribution is 0.261. The molecule has 0 heterocycles. The van der Waals surface area contributed by atoms with Crippen molar-refractivity contribution in [2.45, 2.75) is 45.7 Å². The predicted octanol–water partition coefficient (Wildman–Crippen LogP) is 2.87. The van der Waals surface area contributed by atoms with E-state index in [1.165, 1.54) is 6.07 Å². The van der Waals surface area contributed by atoms with Gasteiger partial charge in [-0.05, 0) is 37.0 Å².